The molecule has 0 radical (unpaired) electrons. The van der Waals surface area contributed by atoms with Gasteiger partial charge in [0.05, 0.1) is 0 Å². The summed E-state index contributed by atoms with van der Waals surface area (Å²) in [5, 5.41) is 0. The van der Waals surface area contributed by atoms with Crippen LogP contribution in [-0.4, -0.2) is 0 Å². The SMILES string of the molecule is C1=CCC=C1.[Cl-].[Cl-].[Cr+2]. The average molecular weight is 189 g/mol. The minimum absolute atomic E-state index is 0. The number of halogens is 2. The minimum atomic E-state index is 0. The van der Waals surface area contributed by atoms with Crippen LogP contribution < -0.4 is 24.8 Å². The molecule has 0 N–H and O–H groups in total. The molecule has 0 heterocycles. The molecule has 0 saturated carbocycles. The normalized spacial score (nSPS) is 11.0. The number of hydrogen-bond donors (Lipinski definition) is 0. The van der Waals surface area contributed by atoms with E-state index in [-0.39, 0.29) is 42.2 Å². The van der Waals surface area contributed by atoms with Crippen molar-refractivity contribution in [3.63, 3.8) is 0 Å². The van der Waals surface area contributed by atoms with Crippen molar-refractivity contribution in [1.29, 1.82) is 0 Å². The van der Waals surface area contributed by atoms with Gasteiger partial charge in [-0.2, -0.15) is 0 Å². The first-order valence-electron chi connectivity index (χ1n) is 1.82. The Bertz CT molecular complexity index is 68.5. The van der Waals surface area contributed by atoms with Crippen LogP contribution in [0, 0.1) is 0 Å². The summed E-state index contributed by atoms with van der Waals surface area (Å²) in [7, 11) is 0. The Balaban J connectivity index is -0.0000000833. The maximum Gasteiger partial charge on any atom is 2.00 e. The average Bonchev–Trinajstić information content (AvgIpc) is 1.76. The van der Waals surface area contributed by atoms with Crippen molar-refractivity contribution >= 4 is 0 Å². The van der Waals surface area contributed by atoms with E-state index in [9.17, 15) is 0 Å². The van der Waals surface area contributed by atoms with Crippen LogP contribution in [0.3, 0.4) is 0 Å². The molecule has 0 fully saturated rings. The first-order chi connectivity index (χ1) is 2.50. The molecule has 0 saturated heterocycles. The molecule has 8 heavy (non-hydrogen) atoms. The molecule has 0 aliphatic heterocycles. The van der Waals surface area contributed by atoms with E-state index in [1.54, 1.807) is 0 Å². The molecule has 0 aromatic heterocycles. The van der Waals surface area contributed by atoms with E-state index in [1.165, 1.54) is 0 Å². The van der Waals surface area contributed by atoms with Gasteiger partial charge in [-0.15, -0.1) is 0 Å². The predicted molar refractivity (Wildman–Crippen MR) is 22.9 cm³/mol. The molecule has 1 aliphatic rings. The molecular weight excluding hydrogens is 183 g/mol. The molecule has 0 amide bonds. The van der Waals surface area contributed by atoms with Crippen LogP contribution in [0.15, 0.2) is 24.3 Å². The van der Waals surface area contributed by atoms with Gasteiger partial charge < -0.3 is 24.8 Å². The van der Waals surface area contributed by atoms with Gasteiger partial charge in [-0.3, -0.25) is 0 Å². The first kappa shape index (κ1) is 15.8. The van der Waals surface area contributed by atoms with E-state index in [1.807, 2.05) is 0 Å². The predicted octanol–water partition coefficient (Wildman–Crippen LogP) is -4.49. The van der Waals surface area contributed by atoms with Gasteiger partial charge in [0.25, 0.3) is 0 Å². The molecule has 0 atom stereocenters. The Labute approximate surface area is 73.0 Å². The van der Waals surface area contributed by atoms with E-state index in [4.69, 9.17) is 0 Å². The molecule has 0 spiro atoms. The van der Waals surface area contributed by atoms with Crippen LogP contribution >= 0.6 is 0 Å². The van der Waals surface area contributed by atoms with Crippen LogP contribution in [0.25, 0.3) is 0 Å². The van der Waals surface area contributed by atoms with E-state index in [0.29, 0.717) is 0 Å². The fourth-order valence-corrected chi connectivity index (χ4v) is 0.393. The van der Waals surface area contributed by atoms with Gasteiger partial charge in [0, 0.05) is 0 Å². The number of allylic oxidation sites excluding steroid dienone is 4. The second-order valence-corrected chi connectivity index (χ2v) is 1.09. The van der Waals surface area contributed by atoms with Crippen LogP contribution in [0.5, 0.6) is 0 Å². The van der Waals surface area contributed by atoms with Crippen LogP contribution in [0.4, 0.5) is 0 Å². The number of rotatable bonds is 0. The van der Waals surface area contributed by atoms with Crippen molar-refractivity contribution in [3.8, 4) is 0 Å². The maximum atomic E-state index is 2.12. The Morgan fingerprint density at radius 2 is 1.25 bits per heavy atom. The summed E-state index contributed by atoms with van der Waals surface area (Å²) in [6.45, 7) is 0. The van der Waals surface area contributed by atoms with Crippen LogP contribution in [-0.2, 0) is 17.4 Å². The van der Waals surface area contributed by atoms with E-state index < -0.39 is 0 Å². The summed E-state index contributed by atoms with van der Waals surface area (Å²) in [5.74, 6) is 0. The molecule has 0 bridgehead atoms. The molecule has 0 aromatic rings. The summed E-state index contributed by atoms with van der Waals surface area (Å²) >= 11 is 0. The maximum absolute atomic E-state index is 2.12. The zero-order valence-electron chi connectivity index (χ0n) is 4.18. The third-order valence-electron chi connectivity index (χ3n) is 0.655. The summed E-state index contributed by atoms with van der Waals surface area (Å²) in [6.07, 6.45) is 9.50. The van der Waals surface area contributed by atoms with Crippen LogP contribution in [0.2, 0.25) is 0 Å². The van der Waals surface area contributed by atoms with Gasteiger partial charge in [-0.1, -0.05) is 24.3 Å². The summed E-state index contributed by atoms with van der Waals surface area (Å²) < 4.78 is 0. The molecule has 0 aromatic carbocycles. The van der Waals surface area contributed by atoms with E-state index >= 15 is 0 Å². The molecule has 3 heteroatoms. The summed E-state index contributed by atoms with van der Waals surface area (Å²) in [4.78, 5) is 0. The Hall–Kier alpha value is 0.592. The third kappa shape index (κ3) is 6.59. The van der Waals surface area contributed by atoms with Crippen molar-refractivity contribution in [1.82, 2.24) is 0 Å². The molecule has 1 rings (SSSR count). The van der Waals surface area contributed by atoms with Gasteiger partial charge in [0.1, 0.15) is 0 Å². The quantitative estimate of drug-likeness (QED) is 0.360. The minimum Gasteiger partial charge on any atom is -1.00 e. The smallest absolute Gasteiger partial charge is 1.00 e. The largest absolute Gasteiger partial charge is 2.00 e. The van der Waals surface area contributed by atoms with Gasteiger partial charge in [0.15, 0.2) is 0 Å². The van der Waals surface area contributed by atoms with Gasteiger partial charge >= 0.3 is 17.4 Å². The van der Waals surface area contributed by atoms with Crippen molar-refractivity contribution < 1.29 is 42.2 Å². The second-order valence-electron chi connectivity index (χ2n) is 1.09. The Morgan fingerprint density at radius 1 is 0.875 bits per heavy atom. The van der Waals surface area contributed by atoms with Crippen molar-refractivity contribution in [2.75, 3.05) is 0 Å². The molecule has 1 aliphatic carbocycles. The van der Waals surface area contributed by atoms with Crippen LogP contribution in [0.1, 0.15) is 6.42 Å². The van der Waals surface area contributed by atoms with Crippen molar-refractivity contribution in [2.24, 2.45) is 0 Å². The molecule has 0 unspecified atom stereocenters. The molecule has 0 nitrogen and oxygen atoms in total. The molecular formula is C5H6Cl2Cr. The summed E-state index contributed by atoms with van der Waals surface area (Å²) in [6, 6.07) is 0. The molecule has 46 valence electrons. The zero-order valence-corrected chi connectivity index (χ0v) is 6.97. The number of hydrogen-bond acceptors (Lipinski definition) is 0. The fourth-order valence-electron chi connectivity index (χ4n) is 0.393. The standard InChI is InChI=1S/C5H6.2ClH.Cr/c1-2-4-5-3-1;;;/h1-4H,5H2;2*1H;/q;;;+2/p-2. The van der Waals surface area contributed by atoms with Gasteiger partial charge in [-0.05, 0) is 6.42 Å². The Kier molecular flexibility index (Phi) is 20.9. The second kappa shape index (κ2) is 10.6. The van der Waals surface area contributed by atoms with E-state index in [0.717, 1.165) is 6.42 Å². The monoisotopic (exact) mass is 188 g/mol. The van der Waals surface area contributed by atoms with E-state index in [2.05, 4.69) is 24.3 Å². The van der Waals surface area contributed by atoms with Gasteiger partial charge in [-0.25, -0.2) is 0 Å². The van der Waals surface area contributed by atoms with Gasteiger partial charge in [0.2, 0.25) is 0 Å². The first-order valence-corrected chi connectivity index (χ1v) is 1.82. The summed E-state index contributed by atoms with van der Waals surface area (Å²) in [5.41, 5.74) is 0. The third-order valence-corrected chi connectivity index (χ3v) is 0.655. The van der Waals surface area contributed by atoms with Crippen molar-refractivity contribution in [2.45, 2.75) is 6.42 Å². The zero-order chi connectivity index (χ0) is 3.54. The van der Waals surface area contributed by atoms with Crippen molar-refractivity contribution in [3.05, 3.63) is 24.3 Å². The fraction of sp³-hybridized carbons (Fsp3) is 0.200. The topological polar surface area (TPSA) is 0 Å². The Morgan fingerprint density at radius 3 is 1.38 bits per heavy atom.